The van der Waals surface area contributed by atoms with Crippen LogP contribution in [-0.4, -0.2) is 41.0 Å². The van der Waals surface area contributed by atoms with Crippen LogP contribution in [0.4, 0.5) is 0 Å². The van der Waals surface area contributed by atoms with Gasteiger partial charge < -0.3 is 10.0 Å². The van der Waals surface area contributed by atoms with Gasteiger partial charge in [0, 0.05) is 25.1 Å². The van der Waals surface area contributed by atoms with Crippen molar-refractivity contribution in [3.63, 3.8) is 0 Å². The average Bonchev–Trinajstić information content (AvgIpc) is 2.38. The molecule has 1 aliphatic rings. The van der Waals surface area contributed by atoms with E-state index < -0.39 is 5.60 Å². The van der Waals surface area contributed by atoms with Gasteiger partial charge in [-0.1, -0.05) is 29.3 Å². The summed E-state index contributed by atoms with van der Waals surface area (Å²) >= 11 is 12.0. The molecule has 20 heavy (non-hydrogen) atoms. The zero-order chi connectivity index (χ0) is 14.8. The second-order valence-electron chi connectivity index (χ2n) is 5.65. The molecule has 0 radical (unpaired) electrons. The van der Waals surface area contributed by atoms with E-state index in [1.54, 1.807) is 18.2 Å². The summed E-state index contributed by atoms with van der Waals surface area (Å²) in [6.07, 6.45) is 2.16. The molecule has 1 N–H and O–H groups in total. The molecule has 1 aliphatic heterocycles. The van der Waals surface area contributed by atoms with Crippen molar-refractivity contribution in [2.24, 2.45) is 0 Å². The van der Waals surface area contributed by atoms with Crippen molar-refractivity contribution in [3.05, 3.63) is 33.8 Å². The van der Waals surface area contributed by atoms with E-state index in [0.717, 1.165) is 19.4 Å². The Kier molecular flexibility index (Phi) is 5.08. The Labute approximate surface area is 129 Å². The van der Waals surface area contributed by atoms with Gasteiger partial charge in [0.05, 0.1) is 15.6 Å². The molecule has 5 heteroatoms. The predicted octanol–water partition coefficient (Wildman–Crippen LogP) is 3.41. The summed E-state index contributed by atoms with van der Waals surface area (Å²) < 4.78 is 0. The first-order valence-electron chi connectivity index (χ1n) is 6.81. The second-order valence-corrected chi connectivity index (χ2v) is 6.44. The molecule has 1 fully saturated rings. The molecule has 0 aromatic heterocycles. The Bertz CT molecular complexity index is 503. The zero-order valence-electron chi connectivity index (χ0n) is 11.5. The minimum Gasteiger partial charge on any atom is -0.389 e. The van der Waals surface area contributed by atoms with Crippen LogP contribution in [0.1, 0.15) is 36.5 Å². The third-order valence-corrected chi connectivity index (χ3v) is 4.48. The first kappa shape index (κ1) is 15.8. The van der Waals surface area contributed by atoms with Crippen LogP contribution in [0.3, 0.4) is 0 Å². The maximum absolute atomic E-state index is 12.2. The fourth-order valence-corrected chi connectivity index (χ4v) is 3.03. The highest BCUT2D eigenvalue weighted by Gasteiger charge is 2.28. The average molecular weight is 316 g/mol. The molecule has 1 saturated heterocycles. The van der Waals surface area contributed by atoms with Crippen molar-refractivity contribution >= 4 is 29.0 Å². The first-order chi connectivity index (χ1) is 9.39. The van der Waals surface area contributed by atoms with Gasteiger partial charge in [0.2, 0.25) is 0 Å². The number of nitrogens with zero attached hydrogens (tertiary/aromatic N) is 1. The fourth-order valence-electron chi connectivity index (χ4n) is 2.63. The Hall–Kier alpha value is -0.610. The van der Waals surface area contributed by atoms with Crippen molar-refractivity contribution in [3.8, 4) is 0 Å². The lowest BCUT2D eigenvalue weighted by molar-refractivity contribution is -0.0153. The third kappa shape index (κ3) is 3.95. The highest BCUT2D eigenvalue weighted by Crippen LogP contribution is 2.27. The number of carbonyl (C=O) groups is 1. The molecule has 110 valence electrons. The molecule has 1 atom stereocenters. The highest BCUT2D eigenvalue weighted by molar-refractivity contribution is 6.43. The van der Waals surface area contributed by atoms with Crippen LogP contribution in [0.25, 0.3) is 0 Å². The van der Waals surface area contributed by atoms with Gasteiger partial charge in [0.25, 0.3) is 0 Å². The maximum Gasteiger partial charge on any atom is 0.165 e. The molecular formula is C15H19Cl2NO2. The minimum atomic E-state index is -0.644. The van der Waals surface area contributed by atoms with Gasteiger partial charge >= 0.3 is 0 Å². The van der Waals surface area contributed by atoms with Gasteiger partial charge in [-0.15, -0.1) is 0 Å². The number of halogens is 2. The number of benzene rings is 1. The molecule has 0 spiro atoms. The van der Waals surface area contributed by atoms with Crippen LogP contribution in [0.5, 0.6) is 0 Å². The molecule has 0 bridgehead atoms. The number of carbonyl (C=O) groups excluding carboxylic acids is 1. The Morgan fingerprint density at radius 3 is 2.90 bits per heavy atom. The number of hydrogen-bond donors (Lipinski definition) is 1. The molecular weight excluding hydrogens is 297 g/mol. The summed E-state index contributed by atoms with van der Waals surface area (Å²) in [6.45, 7) is 4.02. The van der Waals surface area contributed by atoms with Crippen molar-refractivity contribution in [1.29, 1.82) is 0 Å². The number of ketones is 1. The first-order valence-corrected chi connectivity index (χ1v) is 7.56. The number of likely N-dealkylation sites (tertiary alicyclic amines) is 1. The summed E-state index contributed by atoms with van der Waals surface area (Å²) in [5, 5.41) is 10.8. The quantitative estimate of drug-likeness (QED) is 0.866. The molecule has 1 aromatic rings. The molecule has 2 rings (SSSR count). The van der Waals surface area contributed by atoms with Crippen LogP contribution in [0, 0.1) is 0 Å². The molecule has 1 unspecified atom stereocenters. The highest BCUT2D eigenvalue weighted by atomic mass is 35.5. The topological polar surface area (TPSA) is 40.5 Å². The maximum atomic E-state index is 12.2. The normalized spacial score (nSPS) is 23.8. The van der Waals surface area contributed by atoms with Crippen LogP contribution in [-0.2, 0) is 0 Å². The Balaban J connectivity index is 1.94. The van der Waals surface area contributed by atoms with Gasteiger partial charge in [-0.05, 0) is 38.4 Å². The third-order valence-electron chi connectivity index (χ3n) is 3.66. The molecule has 0 amide bonds. The minimum absolute atomic E-state index is 0.0114. The van der Waals surface area contributed by atoms with E-state index >= 15 is 0 Å². The number of β-amino-alcohol motifs (C(OH)–C–C–N with tert-alkyl or cyclic N) is 1. The summed E-state index contributed by atoms with van der Waals surface area (Å²) in [6, 6.07) is 5.10. The van der Waals surface area contributed by atoms with Crippen molar-refractivity contribution < 1.29 is 9.90 Å². The van der Waals surface area contributed by atoms with Crippen molar-refractivity contribution in [2.45, 2.75) is 31.8 Å². The van der Waals surface area contributed by atoms with Gasteiger partial charge in [-0.2, -0.15) is 0 Å². The number of aliphatic hydroxyl groups is 1. The molecule has 0 saturated carbocycles. The number of rotatable bonds is 4. The summed E-state index contributed by atoms with van der Waals surface area (Å²) in [5.41, 5.74) is -0.169. The Morgan fingerprint density at radius 1 is 1.45 bits per heavy atom. The smallest absolute Gasteiger partial charge is 0.165 e. The molecule has 3 nitrogen and oxygen atoms in total. The molecule has 1 aromatic carbocycles. The number of Topliss-reactive ketones (excluding diaryl/α,β-unsaturated/α-hetero) is 1. The number of piperidine rings is 1. The van der Waals surface area contributed by atoms with Crippen LogP contribution in [0.2, 0.25) is 10.0 Å². The van der Waals surface area contributed by atoms with Gasteiger partial charge in [0.15, 0.2) is 5.78 Å². The van der Waals surface area contributed by atoms with E-state index in [0.29, 0.717) is 35.1 Å². The van der Waals surface area contributed by atoms with Crippen molar-refractivity contribution in [1.82, 2.24) is 4.90 Å². The lowest BCUT2D eigenvalue weighted by atomic mass is 9.95. The molecule has 1 heterocycles. The monoisotopic (exact) mass is 315 g/mol. The van der Waals surface area contributed by atoms with Crippen LogP contribution >= 0.6 is 23.2 Å². The van der Waals surface area contributed by atoms with Crippen LogP contribution < -0.4 is 0 Å². The lowest BCUT2D eigenvalue weighted by Crippen LogP contribution is -2.46. The SMILES string of the molecule is CC1(O)CCCN(CCC(=O)c2cccc(Cl)c2Cl)C1. The van der Waals surface area contributed by atoms with Gasteiger partial charge in [0.1, 0.15) is 0 Å². The summed E-state index contributed by atoms with van der Waals surface area (Å²) in [7, 11) is 0. The van der Waals surface area contributed by atoms with E-state index in [1.165, 1.54) is 0 Å². The van der Waals surface area contributed by atoms with E-state index in [4.69, 9.17) is 23.2 Å². The van der Waals surface area contributed by atoms with Crippen LogP contribution in [0.15, 0.2) is 18.2 Å². The predicted molar refractivity (Wildman–Crippen MR) is 81.7 cm³/mol. The Morgan fingerprint density at radius 2 is 2.20 bits per heavy atom. The summed E-state index contributed by atoms with van der Waals surface area (Å²) in [4.78, 5) is 14.3. The van der Waals surface area contributed by atoms with E-state index in [-0.39, 0.29) is 5.78 Å². The lowest BCUT2D eigenvalue weighted by Gasteiger charge is -2.36. The largest absolute Gasteiger partial charge is 0.389 e. The molecule has 0 aliphatic carbocycles. The standard InChI is InChI=1S/C15H19Cl2NO2/c1-15(20)7-3-8-18(10-15)9-6-13(19)11-4-2-5-12(16)14(11)17/h2,4-5,20H,3,6-10H2,1H3. The fraction of sp³-hybridized carbons (Fsp3) is 0.533. The zero-order valence-corrected chi connectivity index (χ0v) is 13.0. The number of hydrogen-bond acceptors (Lipinski definition) is 3. The van der Waals surface area contributed by atoms with Gasteiger partial charge in [-0.3, -0.25) is 4.79 Å². The van der Waals surface area contributed by atoms with Crippen molar-refractivity contribution in [2.75, 3.05) is 19.6 Å². The summed E-state index contributed by atoms with van der Waals surface area (Å²) in [5.74, 6) is -0.0114. The van der Waals surface area contributed by atoms with E-state index in [2.05, 4.69) is 4.90 Å². The van der Waals surface area contributed by atoms with E-state index in [1.807, 2.05) is 6.92 Å². The second kappa shape index (κ2) is 6.44. The van der Waals surface area contributed by atoms with E-state index in [9.17, 15) is 9.90 Å². The van der Waals surface area contributed by atoms with Gasteiger partial charge in [-0.25, -0.2) is 0 Å².